The van der Waals surface area contributed by atoms with Gasteiger partial charge in [0.15, 0.2) is 5.89 Å². The first-order valence-corrected chi connectivity index (χ1v) is 5.28. The summed E-state index contributed by atoms with van der Waals surface area (Å²) < 4.78 is 10.8. The lowest BCUT2D eigenvalue weighted by Gasteiger charge is -2.04. The molecule has 1 unspecified atom stereocenters. The molecule has 0 spiro atoms. The molecule has 1 aliphatic heterocycles. The maximum atomic E-state index is 10.9. The van der Waals surface area contributed by atoms with E-state index in [1.165, 1.54) is 0 Å². The molecular formula is C11H15NO3. The Labute approximate surface area is 88.6 Å². The topological polar surface area (TPSA) is 52.3 Å². The smallest absolute Gasteiger partial charge is 0.196 e. The Bertz CT molecular complexity index is 339. The number of Topliss-reactive ketones (excluding diaryl/α,β-unsaturated/α-hetero) is 1. The van der Waals surface area contributed by atoms with Gasteiger partial charge in [-0.25, -0.2) is 4.98 Å². The Hall–Kier alpha value is -1.16. The lowest BCUT2D eigenvalue weighted by Crippen LogP contribution is -2.09. The second kappa shape index (κ2) is 4.57. The monoisotopic (exact) mass is 209 g/mol. The number of hydrogen-bond acceptors (Lipinski definition) is 4. The average molecular weight is 209 g/mol. The largest absolute Gasteiger partial charge is 0.449 e. The molecule has 2 rings (SSSR count). The highest BCUT2D eigenvalue weighted by Crippen LogP contribution is 2.16. The summed E-state index contributed by atoms with van der Waals surface area (Å²) in [6.07, 6.45) is 5.07. The molecule has 0 aromatic carbocycles. The molecule has 15 heavy (non-hydrogen) atoms. The van der Waals surface area contributed by atoms with Gasteiger partial charge in [0.2, 0.25) is 0 Å². The second-order valence-electron chi connectivity index (χ2n) is 3.95. The molecule has 1 aromatic heterocycles. The normalized spacial score (nSPS) is 20.7. The van der Waals surface area contributed by atoms with E-state index in [1.807, 2.05) is 0 Å². The quantitative estimate of drug-likeness (QED) is 0.754. The zero-order chi connectivity index (χ0) is 10.7. The molecule has 82 valence electrons. The Morgan fingerprint density at radius 1 is 1.67 bits per heavy atom. The number of aromatic nitrogens is 1. The predicted molar refractivity (Wildman–Crippen MR) is 53.6 cm³/mol. The molecule has 0 radical (unpaired) electrons. The Balaban J connectivity index is 1.91. The SMILES string of the molecule is CC(=O)Cc1coc(CC2CCCO2)n1. The zero-order valence-electron chi connectivity index (χ0n) is 8.86. The van der Waals surface area contributed by atoms with E-state index in [0.29, 0.717) is 12.3 Å². The third kappa shape index (κ3) is 2.89. The van der Waals surface area contributed by atoms with Crippen LogP contribution < -0.4 is 0 Å². The fourth-order valence-corrected chi connectivity index (χ4v) is 1.78. The first-order valence-electron chi connectivity index (χ1n) is 5.28. The summed E-state index contributed by atoms with van der Waals surface area (Å²) in [5.74, 6) is 0.783. The molecule has 1 fully saturated rings. The van der Waals surface area contributed by atoms with Crippen LogP contribution in [0.3, 0.4) is 0 Å². The third-order valence-corrected chi connectivity index (χ3v) is 2.46. The molecule has 4 nitrogen and oxygen atoms in total. The first kappa shape index (κ1) is 10.4. The molecule has 0 bridgehead atoms. The van der Waals surface area contributed by atoms with E-state index < -0.39 is 0 Å². The lowest BCUT2D eigenvalue weighted by atomic mass is 10.2. The van der Waals surface area contributed by atoms with E-state index in [2.05, 4.69) is 4.98 Å². The molecule has 0 N–H and O–H groups in total. The third-order valence-electron chi connectivity index (χ3n) is 2.46. The van der Waals surface area contributed by atoms with Gasteiger partial charge in [-0.2, -0.15) is 0 Å². The Morgan fingerprint density at radius 2 is 2.53 bits per heavy atom. The summed E-state index contributed by atoms with van der Waals surface area (Å²) in [5, 5.41) is 0. The van der Waals surface area contributed by atoms with Gasteiger partial charge in [0.05, 0.1) is 24.6 Å². The molecule has 2 heterocycles. The van der Waals surface area contributed by atoms with Gasteiger partial charge in [-0.3, -0.25) is 4.79 Å². The average Bonchev–Trinajstić information content (AvgIpc) is 2.77. The fraction of sp³-hybridized carbons (Fsp3) is 0.636. The van der Waals surface area contributed by atoms with Crippen molar-refractivity contribution in [2.75, 3.05) is 6.61 Å². The number of carbonyl (C=O) groups excluding carboxylic acids is 1. The molecule has 0 saturated carbocycles. The Morgan fingerprint density at radius 3 is 3.20 bits per heavy atom. The minimum Gasteiger partial charge on any atom is -0.449 e. The second-order valence-corrected chi connectivity index (χ2v) is 3.95. The lowest BCUT2D eigenvalue weighted by molar-refractivity contribution is -0.116. The van der Waals surface area contributed by atoms with Crippen LogP contribution in [0.4, 0.5) is 0 Å². The molecule has 1 aliphatic rings. The van der Waals surface area contributed by atoms with Gasteiger partial charge in [-0.15, -0.1) is 0 Å². The van der Waals surface area contributed by atoms with Gasteiger partial charge in [-0.1, -0.05) is 0 Å². The van der Waals surface area contributed by atoms with Crippen molar-refractivity contribution in [2.45, 2.75) is 38.7 Å². The van der Waals surface area contributed by atoms with Gasteiger partial charge in [-0.05, 0) is 19.8 Å². The van der Waals surface area contributed by atoms with E-state index in [-0.39, 0.29) is 11.9 Å². The highest BCUT2D eigenvalue weighted by molar-refractivity contribution is 5.77. The van der Waals surface area contributed by atoms with Gasteiger partial charge >= 0.3 is 0 Å². The number of hydrogen-bond donors (Lipinski definition) is 0. The van der Waals surface area contributed by atoms with Crippen molar-refractivity contribution in [1.29, 1.82) is 0 Å². The molecule has 4 heteroatoms. The number of ether oxygens (including phenoxy) is 1. The summed E-state index contributed by atoms with van der Waals surface area (Å²) in [5.41, 5.74) is 0.718. The summed E-state index contributed by atoms with van der Waals surface area (Å²) in [4.78, 5) is 15.1. The molecule has 0 amide bonds. The van der Waals surface area contributed by atoms with Crippen molar-refractivity contribution in [3.8, 4) is 0 Å². The molecule has 1 saturated heterocycles. The van der Waals surface area contributed by atoms with Crippen molar-refractivity contribution < 1.29 is 13.9 Å². The van der Waals surface area contributed by atoms with E-state index in [1.54, 1.807) is 13.2 Å². The minimum atomic E-state index is 0.104. The molecular weight excluding hydrogens is 194 g/mol. The van der Waals surface area contributed by atoms with Gasteiger partial charge in [0.25, 0.3) is 0 Å². The number of oxazole rings is 1. The zero-order valence-corrected chi connectivity index (χ0v) is 8.86. The fourth-order valence-electron chi connectivity index (χ4n) is 1.78. The van der Waals surface area contributed by atoms with Crippen LogP contribution in [0.5, 0.6) is 0 Å². The summed E-state index contributed by atoms with van der Waals surface area (Å²) in [7, 11) is 0. The number of ketones is 1. The van der Waals surface area contributed by atoms with Crippen molar-refractivity contribution in [1.82, 2.24) is 4.98 Å². The van der Waals surface area contributed by atoms with Crippen LogP contribution in [0.1, 0.15) is 31.4 Å². The molecule has 1 aromatic rings. The van der Waals surface area contributed by atoms with E-state index in [4.69, 9.17) is 9.15 Å². The maximum Gasteiger partial charge on any atom is 0.196 e. The van der Waals surface area contributed by atoms with Crippen molar-refractivity contribution in [3.63, 3.8) is 0 Å². The Kier molecular flexibility index (Phi) is 3.16. The summed E-state index contributed by atoms with van der Waals surface area (Å²) in [6.45, 7) is 2.39. The van der Waals surface area contributed by atoms with Crippen LogP contribution in [-0.4, -0.2) is 23.5 Å². The van der Waals surface area contributed by atoms with Crippen LogP contribution in [0.2, 0.25) is 0 Å². The van der Waals surface area contributed by atoms with Crippen molar-refractivity contribution in [2.24, 2.45) is 0 Å². The van der Waals surface area contributed by atoms with Crippen LogP contribution in [-0.2, 0) is 22.4 Å². The number of rotatable bonds is 4. The van der Waals surface area contributed by atoms with Crippen molar-refractivity contribution >= 4 is 5.78 Å². The predicted octanol–water partition coefficient (Wildman–Crippen LogP) is 1.53. The highest BCUT2D eigenvalue weighted by atomic mass is 16.5. The van der Waals surface area contributed by atoms with Gasteiger partial charge in [0.1, 0.15) is 12.0 Å². The first-order chi connectivity index (χ1) is 7.24. The van der Waals surface area contributed by atoms with Crippen LogP contribution >= 0.6 is 0 Å². The van der Waals surface area contributed by atoms with E-state index >= 15 is 0 Å². The van der Waals surface area contributed by atoms with Crippen molar-refractivity contribution in [3.05, 3.63) is 17.8 Å². The van der Waals surface area contributed by atoms with Gasteiger partial charge in [0, 0.05) is 6.61 Å². The van der Waals surface area contributed by atoms with Crippen LogP contribution in [0.15, 0.2) is 10.7 Å². The highest BCUT2D eigenvalue weighted by Gasteiger charge is 2.18. The molecule has 0 aliphatic carbocycles. The van der Waals surface area contributed by atoms with E-state index in [9.17, 15) is 4.79 Å². The van der Waals surface area contributed by atoms with Crippen LogP contribution in [0, 0.1) is 0 Å². The summed E-state index contributed by atoms with van der Waals surface area (Å²) in [6, 6.07) is 0. The summed E-state index contributed by atoms with van der Waals surface area (Å²) >= 11 is 0. The maximum absolute atomic E-state index is 10.9. The number of nitrogens with zero attached hydrogens (tertiary/aromatic N) is 1. The van der Waals surface area contributed by atoms with Gasteiger partial charge < -0.3 is 9.15 Å². The van der Waals surface area contributed by atoms with Crippen LogP contribution in [0.25, 0.3) is 0 Å². The minimum absolute atomic E-state index is 0.104. The standard InChI is InChI=1S/C11H15NO3/c1-8(13)5-9-7-15-11(12-9)6-10-3-2-4-14-10/h7,10H,2-6H2,1H3. The number of carbonyl (C=O) groups is 1. The van der Waals surface area contributed by atoms with E-state index in [0.717, 1.165) is 31.6 Å². The molecule has 1 atom stereocenters.